The van der Waals surface area contributed by atoms with Crippen molar-refractivity contribution in [1.82, 2.24) is 0 Å². The second kappa shape index (κ2) is 6.45. The molecule has 0 fully saturated rings. The minimum atomic E-state index is -0.941. The monoisotopic (exact) mass is 191 g/mol. The first-order valence-electron chi connectivity index (χ1n) is 3.88. The van der Waals surface area contributed by atoms with Gasteiger partial charge in [-0.2, -0.15) is 0 Å². The van der Waals surface area contributed by atoms with Gasteiger partial charge >= 0.3 is 5.97 Å². The Bertz CT molecular complexity index is 166. The van der Waals surface area contributed by atoms with Crippen molar-refractivity contribution in [2.75, 3.05) is 0 Å². The number of hydrogen-bond acceptors (Lipinski definition) is 4. The molecule has 0 spiro atoms. The summed E-state index contributed by atoms with van der Waals surface area (Å²) in [5.74, 6) is -0.563. The van der Waals surface area contributed by atoms with Crippen LogP contribution >= 0.6 is 0 Å². The standard InChI is InChI=1S/C8H15NO3.H2O/c1-4-8(9,5-2)7(10)12-11-6-3;/h6H,3-5,9H2,1-2H3;1H2. The van der Waals surface area contributed by atoms with E-state index in [4.69, 9.17) is 5.73 Å². The lowest BCUT2D eigenvalue weighted by molar-refractivity contribution is -0.244. The highest BCUT2D eigenvalue weighted by Gasteiger charge is 2.32. The number of nitrogens with two attached hydrogens (primary N) is 1. The Morgan fingerprint density at radius 3 is 2.31 bits per heavy atom. The van der Waals surface area contributed by atoms with Crippen molar-refractivity contribution in [3.63, 3.8) is 0 Å². The van der Waals surface area contributed by atoms with E-state index in [9.17, 15) is 4.79 Å². The summed E-state index contributed by atoms with van der Waals surface area (Å²) >= 11 is 0. The predicted octanol–water partition coefficient (Wildman–Crippen LogP) is 0.297. The van der Waals surface area contributed by atoms with Crippen LogP contribution in [0.1, 0.15) is 26.7 Å². The van der Waals surface area contributed by atoms with Crippen molar-refractivity contribution in [1.29, 1.82) is 0 Å². The van der Waals surface area contributed by atoms with Gasteiger partial charge < -0.3 is 11.2 Å². The first kappa shape index (κ1) is 14.5. The van der Waals surface area contributed by atoms with Crippen LogP contribution in [0.5, 0.6) is 0 Å². The lowest BCUT2D eigenvalue weighted by Crippen LogP contribution is -2.47. The van der Waals surface area contributed by atoms with Crippen molar-refractivity contribution in [2.45, 2.75) is 32.2 Å². The van der Waals surface area contributed by atoms with E-state index in [-0.39, 0.29) is 5.48 Å². The van der Waals surface area contributed by atoms with E-state index in [1.165, 1.54) is 0 Å². The Morgan fingerprint density at radius 2 is 2.00 bits per heavy atom. The molecule has 0 rings (SSSR count). The molecule has 13 heavy (non-hydrogen) atoms. The summed E-state index contributed by atoms with van der Waals surface area (Å²) in [6.45, 7) is 6.86. The lowest BCUT2D eigenvalue weighted by Gasteiger charge is -2.21. The summed E-state index contributed by atoms with van der Waals surface area (Å²) in [4.78, 5) is 19.8. The molecule has 0 aromatic carbocycles. The van der Waals surface area contributed by atoms with Gasteiger partial charge in [-0.05, 0) is 12.8 Å². The molecule has 4 N–H and O–H groups in total. The molecule has 0 heterocycles. The fourth-order valence-electron chi connectivity index (χ4n) is 0.699. The molecule has 78 valence electrons. The second-order valence-corrected chi connectivity index (χ2v) is 2.50. The van der Waals surface area contributed by atoms with Gasteiger partial charge in [0.15, 0.2) is 0 Å². The Kier molecular flexibility index (Phi) is 7.17. The molecular weight excluding hydrogens is 174 g/mol. The Labute approximate surface area is 77.7 Å². The lowest BCUT2D eigenvalue weighted by atomic mass is 9.95. The third-order valence-corrected chi connectivity index (χ3v) is 1.86. The molecule has 5 heteroatoms. The van der Waals surface area contributed by atoms with Gasteiger partial charge in [-0.15, -0.1) is 0 Å². The third kappa shape index (κ3) is 3.91. The van der Waals surface area contributed by atoms with E-state index in [1.54, 1.807) is 0 Å². The molecule has 0 aromatic heterocycles. The second-order valence-electron chi connectivity index (χ2n) is 2.50. The highest BCUT2D eigenvalue weighted by Crippen LogP contribution is 2.13. The Balaban J connectivity index is 0. The van der Waals surface area contributed by atoms with Gasteiger partial charge in [-0.1, -0.05) is 20.4 Å². The van der Waals surface area contributed by atoms with Crippen molar-refractivity contribution < 1.29 is 20.0 Å². The SMILES string of the molecule is C=COOC(=O)C(N)(CC)CC.O. The fraction of sp³-hybridized carbons (Fsp3) is 0.625. The van der Waals surface area contributed by atoms with Crippen molar-refractivity contribution in [3.05, 3.63) is 12.8 Å². The molecule has 5 nitrogen and oxygen atoms in total. The van der Waals surface area contributed by atoms with E-state index < -0.39 is 11.5 Å². The molecule has 0 atom stereocenters. The molecule has 0 aliphatic carbocycles. The summed E-state index contributed by atoms with van der Waals surface area (Å²) in [6.07, 6.45) is 2.06. The van der Waals surface area contributed by atoms with Gasteiger partial charge in [0.05, 0.1) is 0 Å². The van der Waals surface area contributed by atoms with Gasteiger partial charge in [-0.3, -0.25) is 4.89 Å². The number of carbonyl (C=O) groups is 1. The van der Waals surface area contributed by atoms with Crippen LogP contribution in [0.15, 0.2) is 12.8 Å². The van der Waals surface area contributed by atoms with Gasteiger partial charge in [-0.25, -0.2) is 9.68 Å². The maximum Gasteiger partial charge on any atom is 0.374 e. The summed E-state index contributed by atoms with van der Waals surface area (Å²) < 4.78 is 0. The number of hydrogen-bond donors (Lipinski definition) is 1. The minimum absolute atomic E-state index is 0. The predicted molar refractivity (Wildman–Crippen MR) is 48.5 cm³/mol. The molecule has 0 saturated carbocycles. The number of rotatable bonds is 5. The summed E-state index contributed by atoms with van der Waals surface area (Å²) in [5.41, 5.74) is 4.75. The first-order chi connectivity index (χ1) is 5.60. The zero-order valence-corrected chi connectivity index (χ0v) is 8.00. The molecule has 0 radical (unpaired) electrons. The van der Waals surface area contributed by atoms with E-state index in [0.29, 0.717) is 12.8 Å². The molecule has 0 aliphatic heterocycles. The molecule has 0 bridgehead atoms. The maximum absolute atomic E-state index is 11.2. The van der Waals surface area contributed by atoms with Gasteiger partial charge in [0.1, 0.15) is 11.8 Å². The van der Waals surface area contributed by atoms with Crippen LogP contribution in [0.2, 0.25) is 0 Å². The smallest absolute Gasteiger partial charge is 0.374 e. The highest BCUT2D eigenvalue weighted by atomic mass is 17.2. The molecule has 0 amide bonds. The Hall–Kier alpha value is -1.07. The normalized spacial score (nSPS) is 9.77. The van der Waals surface area contributed by atoms with Crippen LogP contribution < -0.4 is 5.73 Å². The molecule has 0 saturated heterocycles. The van der Waals surface area contributed by atoms with Crippen LogP contribution in [0.4, 0.5) is 0 Å². The average Bonchev–Trinajstić information content (AvgIpc) is 2.12. The first-order valence-corrected chi connectivity index (χ1v) is 3.88. The van der Waals surface area contributed by atoms with E-state index in [1.807, 2.05) is 13.8 Å². The molecule has 0 aliphatic rings. The minimum Gasteiger partial charge on any atom is -0.412 e. The maximum atomic E-state index is 11.2. The van der Waals surface area contributed by atoms with Crippen molar-refractivity contribution in [3.8, 4) is 0 Å². The molecular formula is C8H17NO4. The summed E-state index contributed by atoms with van der Waals surface area (Å²) in [7, 11) is 0. The van der Waals surface area contributed by atoms with Gasteiger partial charge in [0.2, 0.25) is 0 Å². The van der Waals surface area contributed by atoms with Crippen LogP contribution in [-0.4, -0.2) is 17.0 Å². The van der Waals surface area contributed by atoms with E-state index >= 15 is 0 Å². The number of carbonyl (C=O) groups excluding carboxylic acids is 1. The summed E-state index contributed by atoms with van der Waals surface area (Å²) in [5, 5.41) is 0. The largest absolute Gasteiger partial charge is 0.412 e. The highest BCUT2D eigenvalue weighted by molar-refractivity contribution is 5.79. The summed E-state index contributed by atoms with van der Waals surface area (Å²) in [6, 6.07) is 0. The molecule has 0 unspecified atom stereocenters. The zero-order valence-electron chi connectivity index (χ0n) is 8.00. The van der Waals surface area contributed by atoms with Crippen molar-refractivity contribution in [2.24, 2.45) is 5.73 Å². The average molecular weight is 191 g/mol. The van der Waals surface area contributed by atoms with E-state index in [0.717, 1.165) is 6.26 Å². The van der Waals surface area contributed by atoms with Crippen LogP contribution in [0.3, 0.4) is 0 Å². The fourth-order valence-corrected chi connectivity index (χ4v) is 0.699. The van der Waals surface area contributed by atoms with Crippen LogP contribution in [0, 0.1) is 0 Å². The third-order valence-electron chi connectivity index (χ3n) is 1.86. The van der Waals surface area contributed by atoms with E-state index in [2.05, 4.69) is 16.4 Å². The van der Waals surface area contributed by atoms with Crippen LogP contribution in [-0.2, 0) is 14.6 Å². The Morgan fingerprint density at radius 1 is 1.54 bits per heavy atom. The zero-order chi connectivity index (χ0) is 9.61. The van der Waals surface area contributed by atoms with Gasteiger partial charge in [0, 0.05) is 0 Å². The quantitative estimate of drug-likeness (QED) is 0.384. The van der Waals surface area contributed by atoms with Crippen molar-refractivity contribution >= 4 is 5.97 Å². The topological polar surface area (TPSA) is 93.0 Å². The molecule has 0 aromatic rings. The van der Waals surface area contributed by atoms with Gasteiger partial charge in [0.25, 0.3) is 0 Å². The van der Waals surface area contributed by atoms with Crippen LogP contribution in [0.25, 0.3) is 0 Å².